The number of carbonyl (C=O) groups is 2. The van der Waals surface area contributed by atoms with Crippen molar-refractivity contribution in [3.8, 4) is 6.07 Å². The number of amides is 1. The third kappa shape index (κ3) is 4.36. The van der Waals surface area contributed by atoms with Crippen LogP contribution in [-0.4, -0.2) is 11.7 Å². The highest BCUT2D eigenvalue weighted by Crippen LogP contribution is 2.21. The van der Waals surface area contributed by atoms with Gasteiger partial charge in [0.05, 0.1) is 5.57 Å². The molecule has 1 amide bonds. The summed E-state index contributed by atoms with van der Waals surface area (Å²) in [7, 11) is 0. The second-order valence-electron chi connectivity index (χ2n) is 5.55. The highest BCUT2D eigenvalue weighted by atomic mass is 16.1. The molecule has 1 aromatic carbocycles. The fourth-order valence-corrected chi connectivity index (χ4v) is 1.59. The predicted octanol–water partition coefficient (Wildman–Crippen LogP) is 3.17. The summed E-state index contributed by atoms with van der Waals surface area (Å²) in [5.74, 6) is -0.333. The molecule has 0 fully saturated rings. The third-order valence-corrected chi connectivity index (χ3v) is 2.59. The summed E-state index contributed by atoms with van der Waals surface area (Å²) in [6.45, 7) is 6.77. The van der Waals surface area contributed by atoms with Gasteiger partial charge in [0.2, 0.25) is 5.91 Å². The molecule has 0 aliphatic heterocycles. The lowest BCUT2D eigenvalue weighted by molar-refractivity contribution is -0.122. The number of hydrogen-bond acceptors (Lipinski definition) is 3. The Morgan fingerprint density at radius 3 is 2.15 bits per heavy atom. The van der Waals surface area contributed by atoms with E-state index in [0.29, 0.717) is 5.69 Å². The van der Waals surface area contributed by atoms with Crippen molar-refractivity contribution in [1.29, 1.82) is 5.26 Å². The molecule has 1 rings (SSSR count). The molecule has 0 saturated heterocycles. The number of anilines is 1. The first-order valence-corrected chi connectivity index (χ1v) is 6.28. The van der Waals surface area contributed by atoms with Crippen molar-refractivity contribution >= 4 is 23.5 Å². The molecule has 0 aliphatic carbocycles. The van der Waals surface area contributed by atoms with Crippen molar-refractivity contribution in [3.63, 3.8) is 0 Å². The number of nitriles is 1. The van der Waals surface area contributed by atoms with Crippen LogP contribution >= 0.6 is 0 Å². The van der Waals surface area contributed by atoms with Crippen LogP contribution in [0, 0.1) is 16.7 Å². The summed E-state index contributed by atoms with van der Waals surface area (Å²) in [6.07, 6.45) is 1.56. The molecule has 0 radical (unpaired) electrons. The Bertz CT molecular complexity index is 584. The quantitative estimate of drug-likeness (QED) is 0.677. The molecule has 0 spiro atoms. The Balaban J connectivity index is 3.00. The highest BCUT2D eigenvalue weighted by Gasteiger charge is 2.24. The number of nitrogens with zero attached hydrogens (tertiary/aromatic N) is 1. The second-order valence-corrected chi connectivity index (χ2v) is 5.55. The predicted molar refractivity (Wildman–Crippen MR) is 78.8 cm³/mol. The van der Waals surface area contributed by atoms with E-state index in [1.54, 1.807) is 51.1 Å². The molecule has 0 heterocycles. The molecular formula is C16H18N2O2. The van der Waals surface area contributed by atoms with Gasteiger partial charge in [0.15, 0.2) is 5.78 Å². The van der Waals surface area contributed by atoms with Gasteiger partial charge in [-0.15, -0.1) is 0 Å². The lowest BCUT2D eigenvalue weighted by atomic mass is 9.86. The van der Waals surface area contributed by atoms with Crippen LogP contribution in [0.4, 0.5) is 5.69 Å². The summed E-state index contributed by atoms with van der Waals surface area (Å²) in [4.78, 5) is 23.0. The molecule has 104 valence electrons. The van der Waals surface area contributed by atoms with E-state index in [1.165, 1.54) is 6.92 Å². The maximum atomic E-state index is 12.1. The Hall–Kier alpha value is -2.41. The Morgan fingerprint density at radius 2 is 1.75 bits per heavy atom. The lowest BCUT2D eigenvalue weighted by Crippen LogP contribution is -2.21. The van der Waals surface area contributed by atoms with Gasteiger partial charge in [-0.2, -0.15) is 5.26 Å². The first-order valence-electron chi connectivity index (χ1n) is 6.28. The van der Waals surface area contributed by atoms with E-state index in [4.69, 9.17) is 5.26 Å². The fourth-order valence-electron chi connectivity index (χ4n) is 1.59. The molecule has 0 bridgehead atoms. The van der Waals surface area contributed by atoms with E-state index in [0.717, 1.165) is 5.56 Å². The van der Waals surface area contributed by atoms with Gasteiger partial charge in [0.1, 0.15) is 6.07 Å². The van der Waals surface area contributed by atoms with Crippen LogP contribution in [0.15, 0.2) is 29.8 Å². The fraction of sp³-hybridized carbons (Fsp3) is 0.312. The van der Waals surface area contributed by atoms with Gasteiger partial charge in [-0.25, -0.2) is 0 Å². The van der Waals surface area contributed by atoms with Crippen LogP contribution in [0.1, 0.15) is 33.3 Å². The molecule has 0 aliphatic rings. The lowest BCUT2D eigenvalue weighted by Gasteiger charge is -2.15. The SMILES string of the molecule is CC(=O)Nc1ccc(/C=C(\C#N)C(=O)C(C)(C)C)cc1. The van der Waals surface area contributed by atoms with Crippen LogP contribution in [-0.2, 0) is 9.59 Å². The van der Waals surface area contributed by atoms with Crippen LogP contribution < -0.4 is 5.32 Å². The molecule has 0 saturated carbocycles. The molecule has 0 atom stereocenters. The van der Waals surface area contributed by atoms with Gasteiger partial charge in [-0.05, 0) is 23.8 Å². The van der Waals surface area contributed by atoms with Gasteiger partial charge in [0, 0.05) is 18.0 Å². The maximum absolute atomic E-state index is 12.1. The van der Waals surface area contributed by atoms with Gasteiger partial charge < -0.3 is 5.32 Å². The Kier molecular flexibility index (Phi) is 4.82. The largest absolute Gasteiger partial charge is 0.326 e. The molecule has 0 unspecified atom stereocenters. The number of nitrogens with one attached hydrogen (secondary N) is 1. The normalized spacial score (nSPS) is 11.7. The van der Waals surface area contributed by atoms with Crippen LogP contribution in [0.25, 0.3) is 6.08 Å². The van der Waals surface area contributed by atoms with Crippen LogP contribution in [0.5, 0.6) is 0 Å². The first kappa shape index (κ1) is 15.6. The van der Waals surface area contributed by atoms with Gasteiger partial charge >= 0.3 is 0 Å². The van der Waals surface area contributed by atoms with Crippen molar-refractivity contribution in [3.05, 3.63) is 35.4 Å². The van der Waals surface area contributed by atoms with Crippen molar-refractivity contribution in [2.24, 2.45) is 5.41 Å². The number of rotatable bonds is 3. The molecule has 1 aromatic rings. The summed E-state index contributed by atoms with van der Waals surface area (Å²) >= 11 is 0. The zero-order valence-electron chi connectivity index (χ0n) is 12.2. The molecule has 4 nitrogen and oxygen atoms in total. The minimum Gasteiger partial charge on any atom is -0.326 e. The highest BCUT2D eigenvalue weighted by molar-refractivity contribution is 6.06. The van der Waals surface area contributed by atoms with E-state index in [9.17, 15) is 9.59 Å². The zero-order chi connectivity index (χ0) is 15.3. The third-order valence-electron chi connectivity index (χ3n) is 2.59. The van der Waals surface area contributed by atoms with Crippen molar-refractivity contribution in [1.82, 2.24) is 0 Å². The molecular weight excluding hydrogens is 252 g/mol. The summed E-state index contributed by atoms with van der Waals surface area (Å²) in [5, 5.41) is 11.8. The van der Waals surface area contributed by atoms with Crippen molar-refractivity contribution in [2.75, 3.05) is 5.32 Å². The van der Waals surface area contributed by atoms with E-state index < -0.39 is 5.41 Å². The van der Waals surface area contributed by atoms with E-state index in [2.05, 4.69) is 5.32 Å². The standard InChI is InChI=1S/C16H18N2O2/c1-11(19)18-14-7-5-12(6-8-14)9-13(10-17)15(20)16(2,3)4/h5-9H,1-4H3,(H,18,19)/b13-9+. The average molecular weight is 270 g/mol. The summed E-state index contributed by atoms with van der Waals surface area (Å²) < 4.78 is 0. The van der Waals surface area contributed by atoms with Crippen LogP contribution in [0.2, 0.25) is 0 Å². The smallest absolute Gasteiger partial charge is 0.221 e. The van der Waals surface area contributed by atoms with E-state index in [1.807, 2.05) is 6.07 Å². The summed E-state index contributed by atoms with van der Waals surface area (Å²) in [5.41, 5.74) is 0.964. The summed E-state index contributed by atoms with van der Waals surface area (Å²) in [6, 6.07) is 8.89. The molecule has 4 heteroatoms. The number of hydrogen-bond donors (Lipinski definition) is 1. The van der Waals surface area contributed by atoms with E-state index in [-0.39, 0.29) is 17.3 Å². The molecule has 1 N–H and O–H groups in total. The second kappa shape index (κ2) is 6.16. The number of benzene rings is 1. The number of ketones is 1. The Labute approximate surface area is 119 Å². The maximum Gasteiger partial charge on any atom is 0.221 e. The van der Waals surface area contributed by atoms with Gasteiger partial charge in [-0.3, -0.25) is 9.59 Å². The zero-order valence-corrected chi connectivity index (χ0v) is 12.2. The average Bonchev–Trinajstić information content (AvgIpc) is 2.35. The van der Waals surface area contributed by atoms with Crippen molar-refractivity contribution in [2.45, 2.75) is 27.7 Å². The Morgan fingerprint density at radius 1 is 1.20 bits per heavy atom. The topological polar surface area (TPSA) is 70.0 Å². The monoisotopic (exact) mass is 270 g/mol. The van der Waals surface area contributed by atoms with Crippen molar-refractivity contribution < 1.29 is 9.59 Å². The van der Waals surface area contributed by atoms with Crippen LogP contribution in [0.3, 0.4) is 0 Å². The number of carbonyl (C=O) groups excluding carboxylic acids is 2. The van der Waals surface area contributed by atoms with E-state index >= 15 is 0 Å². The first-order chi connectivity index (χ1) is 9.24. The number of allylic oxidation sites excluding steroid dienone is 1. The minimum absolute atomic E-state index is 0.129. The van der Waals surface area contributed by atoms with Gasteiger partial charge in [-0.1, -0.05) is 32.9 Å². The van der Waals surface area contributed by atoms with Gasteiger partial charge in [0.25, 0.3) is 0 Å². The molecule has 0 aromatic heterocycles. The minimum atomic E-state index is -0.586. The number of Topliss-reactive ketones (excluding diaryl/α,β-unsaturated/α-hetero) is 1. The molecule has 20 heavy (non-hydrogen) atoms.